The molecule has 0 spiro atoms. The van der Waals surface area contributed by atoms with Crippen LogP contribution in [0.15, 0.2) is 49.3 Å². The van der Waals surface area contributed by atoms with E-state index in [1.807, 2.05) is 83.0 Å². The Morgan fingerprint density at radius 2 is 1.07 bits per heavy atom. The lowest BCUT2D eigenvalue weighted by Crippen LogP contribution is -2.53. The Bertz CT molecular complexity index is 2050. The minimum Gasteiger partial charge on any atom is -0.444 e. The lowest BCUT2D eigenvalue weighted by atomic mass is 10.0. The van der Waals surface area contributed by atoms with Gasteiger partial charge in [0.25, 0.3) is 10.1 Å². The van der Waals surface area contributed by atoms with Crippen molar-refractivity contribution < 1.29 is 41.2 Å². The van der Waals surface area contributed by atoms with E-state index in [0.29, 0.717) is 24.9 Å². The van der Waals surface area contributed by atoms with Crippen molar-refractivity contribution in [3.8, 4) is 0 Å². The van der Waals surface area contributed by atoms with Gasteiger partial charge in [-0.2, -0.15) is 8.42 Å². The van der Waals surface area contributed by atoms with E-state index in [9.17, 15) is 22.8 Å². The molecule has 19 heteroatoms. The third-order valence-electron chi connectivity index (χ3n) is 9.02. The van der Waals surface area contributed by atoms with Crippen LogP contribution in [0, 0.1) is 17.8 Å². The summed E-state index contributed by atoms with van der Waals surface area (Å²) in [4.78, 5) is 57.5. The molecule has 0 saturated carbocycles. The van der Waals surface area contributed by atoms with E-state index in [1.165, 1.54) is 4.90 Å². The fourth-order valence-corrected chi connectivity index (χ4v) is 6.76. The number of pyridine rings is 2. The van der Waals surface area contributed by atoms with Crippen LogP contribution in [-0.2, 0) is 41.6 Å². The van der Waals surface area contributed by atoms with Crippen LogP contribution in [0.25, 0.3) is 22.3 Å². The van der Waals surface area contributed by atoms with Gasteiger partial charge in [-0.3, -0.25) is 4.18 Å². The van der Waals surface area contributed by atoms with Crippen molar-refractivity contribution in [2.45, 2.75) is 99.6 Å². The maximum atomic E-state index is 11.9. The molecule has 7 rings (SSSR count). The Labute approximate surface area is 353 Å². The first-order valence-electron chi connectivity index (χ1n) is 19.7. The molecular formula is C41H63N9O9S. The monoisotopic (exact) mass is 857 g/mol. The third kappa shape index (κ3) is 14.3. The van der Waals surface area contributed by atoms with E-state index < -0.39 is 26.9 Å². The zero-order chi connectivity index (χ0) is 43.3. The molecular weight excluding hydrogens is 795 g/mol. The molecule has 0 aromatic carbocycles. The number of hydrogen-bond acceptors (Lipinski definition) is 13. The highest BCUT2D eigenvalue weighted by Gasteiger charge is 2.36. The Hall–Kier alpha value is -5.04. The summed E-state index contributed by atoms with van der Waals surface area (Å²) in [5.41, 5.74) is 2.22. The Morgan fingerprint density at radius 1 is 0.633 bits per heavy atom. The van der Waals surface area contributed by atoms with Gasteiger partial charge in [-0.05, 0) is 86.6 Å². The number of fused-ring (bicyclic) bond motifs is 2. The summed E-state index contributed by atoms with van der Waals surface area (Å²) in [6.07, 6.45) is 7.33. The van der Waals surface area contributed by atoms with Crippen molar-refractivity contribution in [2.75, 3.05) is 52.1 Å². The predicted octanol–water partition coefficient (Wildman–Crippen LogP) is 6.06. The predicted molar refractivity (Wildman–Crippen MR) is 226 cm³/mol. The van der Waals surface area contributed by atoms with E-state index in [1.54, 1.807) is 43.0 Å². The first-order valence-corrected chi connectivity index (χ1v) is 21.5. The summed E-state index contributed by atoms with van der Waals surface area (Å²) >= 11 is 0. The number of hydrogen-bond donors (Lipinski definition) is 0. The molecule has 0 radical (unpaired) electrons. The molecule has 0 atom stereocenters. The molecule has 4 aromatic heterocycles. The number of amides is 3. The summed E-state index contributed by atoms with van der Waals surface area (Å²) in [5, 5.41) is 0. The topological polar surface area (TPSA) is 193 Å². The highest BCUT2D eigenvalue weighted by molar-refractivity contribution is 7.85. The Kier molecular flexibility index (Phi) is 15.2. The van der Waals surface area contributed by atoms with E-state index in [2.05, 4.69) is 28.7 Å². The van der Waals surface area contributed by atoms with Crippen molar-refractivity contribution >= 4 is 50.7 Å². The van der Waals surface area contributed by atoms with Crippen LogP contribution in [0.4, 0.5) is 14.4 Å². The molecule has 0 unspecified atom stereocenters. The average molecular weight is 858 g/mol. The lowest BCUT2D eigenvalue weighted by Gasteiger charge is -2.39. The number of likely N-dealkylation sites (tertiary alicyclic amines) is 3. The first-order chi connectivity index (χ1) is 27.4. The van der Waals surface area contributed by atoms with Crippen LogP contribution in [0.3, 0.4) is 0 Å². The van der Waals surface area contributed by atoms with Crippen LogP contribution in [-0.4, -0.2) is 139 Å². The molecule has 18 nitrogen and oxygen atoms in total. The van der Waals surface area contributed by atoms with Crippen LogP contribution in [0.1, 0.15) is 69.7 Å². The van der Waals surface area contributed by atoms with Crippen molar-refractivity contribution in [2.24, 2.45) is 17.8 Å². The normalized spacial score (nSPS) is 16.3. The van der Waals surface area contributed by atoms with Gasteiger partial charge >= 0.3 is 18.3 Å². The summed E-state index contributed by atoms with van der Waals surface area (Å²) < 4.78 is 46.2. The zero-order valence-electron chi connectivity index (χ0n) is 35.8. The Balaban J connectivity index is 0.000000198. The number of imidazole rings is 2. The second-order valence-electron chi connectivity index (χ2n) is 18.2. The quantitative estimate of drug-likeness (QED) is 0.154. The van der Waals surface area contributed by atoms with E-state index in [-0.39, 0.29) is 38.2 Å². The fraction of sp³-hybridized carbons (Fsp3) is 0.634. The van der Waals surface area contributed by atoms with E-state index in [0.717, 1.165) is 67.9 Å². The number of ether oxygens (including phenoxy) is 3. The molecule has 3 amide bonds. The smallest absolute Gasteiger partial charge is 0.410 e. The highest BCUT2D eigenvalue weighted by atomic mass is 32.2. The molecule has 3 saturated heterocycles. The molecule has 3 aliphatic rings. The van der Waals surface area contributed by atoms with Crippen LogP contribution < -0.4 is 0 Å². The van der Waals surface area contributed by atoms with Gasteiger partial charge in [0.2, 0.25) is 0 Å². The second-order valence-corrected chi connectivity index (χ2v) is 19.9. The Morgan fingerprint density at radius 3 is 1.55 bits per heavy atom. The van der Waals surface area contributed by atoms with E-state index >= 15 is 0 Å². The van der Waals surface area contributed by atoms with Gasteiger partial charge < -0.3 is 38.0 Å². The highest BCUT2D eigenvalue weighted by Crippen LogP contribution is 2.24. The molecule has 7 heterocycles. The molecule has 0 bridgehead atoms. The number of carbonyl (C=O) groups is 3. The van der Waals surface area contributed by atoms with Crippen molar-refractivity contribution in [1.82, 2.24) is 43.8 Å². The van der Waals surface area contributed by atoms with Gasteiger partial charge in [0.05, 0.1) is 31.0 Å². The number of rotatable bonds is 7. The minimum atomic E-state index is -3.40. The molecule has 332 valence electrons. The molecule has 3 aliphatic heterocycles. The first kappa shape index (κ1) is 47.6. The van der Waals surface area contributed by atoms with Crippen molar-refractivity contribution in [3.05, 3.63) is 49.3 Å². The summed E-state index contributed by atoms with van der Waals surface area (Å²) in [6.45, 7) is 22.3. The zero-order valence-corrected chi connectivity index (χ0v) is 36.6. The average Bonchev–Trinajstić information content (AvgIpc) is 3.64. The minimum absolute atomic E-state index is 0. The summed E-state index contributed by atoms with van der Waals surface area (Å²) in [7, 11) is -3.40. The second kappa shape index (κ2) is 19.1. The van der Waals surface area contributed by atoms with Crippen LogP contribution >= 0.6 is 0 Å². The van der Waals surface area contributed by atoms with Crippen LogP contribution in [0.2, 0.25) is 0 Å². The molecule has 60 heavy (non-hydrogen) atoms. The molecule has 0 aliphatic carbocycles. The number of nitrogens with zero attached hydrogens (tertiary/aromatic N) is 9. The third-order valence-corrected chi connectivity index (χ3v) is 9.59. The summed E-state index contributed by atoms with van der Waals surface area (Å²) in [6, 6.07) is 7.76. The van der Waals surface area contributed by atoms with Gasteiger partial charge in [0, 0.05) is 82.5 Å². The molecule has 0 N–H and O–H groups in total. The maximum absolute atomic E-state index is 11.9. The van der Waals surface area contributed by atoms with Gasteiger partial charge in [0.15, 0.2) is 11.3 Å². The van der Waals surface area contributed by atoms with Gasteiger partial charge in [-0.1, -0.05) is 7.43 Å². The largest absolute Gasteiger partial charge is 0.444 e. The van der Waals surface area contributed by atoms with Crippen LogP contribution in [0.5, 0.6) is 0 Å². The van der Waals surface area contributed by atoms with Gasteiger partial charge in [0.1, 0.15) is 22.3 Å². The number of carbonyl (C=O) groups excluding carboxylic acids is 3. The molecule has 4 aromatic rings. The van der Waals surface area contributed by atoms with Crippen molar-refractivity contribution in [1.29, 1.82) is 0 Å². The fourth-order valence-electron chi connectivity index (χ4n) is 6.32. The summed E-state index contributed by atoms with van der Waals surface area (Å²) in [5.74, 6) is 0.935. The maximum Gasteiger partial charge on any atom is 0.410 e. The van der Waals surface area contributed by atoms with Crippen molar-refractivity contribution in [3.63, 3.8) is 0 Å². The number of aromatic nitrogens is 6. The SMILES string of the molecule is C.CC(C)(C)OC(=O)N1CC(COS(C)(=O)=O)C1.CC(C)(C)OC(=O)N1CC(Cn2cnc3cccnc32)C1.CC(C)(C)OC(=O)N1CC(Cn2cnc3ncccc32)C1. The van der Waals surface area contributed by atoms with Gasteiger partial charge in [-0.25, -0.2) is 34.3 Å². The standard InChI is InChI=1S/2C15H20N4O2.C10H19NO5S.CH4/c1-15(2,3)21-14(20)18-7-11(8-18)9-19-10-17-13-12(19)5-4-6-16-13;1-15(2,3)21-14(20)18-7-11(8-18)9-19-10-17-12-5-4-6-16-13(12)19;1-10(2,3)16-9(12)11-5-8(6-11)7-15-17(4,13)14;/h2*4-6,10-11H,7-9H2,1-3H3;8H,5-7H2,1-4H3;1H4. The lowest BCUT2D eigenvalue weighted by molar-refractivity contribution is -0.00754. The molecule has 3 fully saturated rings. The van der Waals surface area contributed by atoms with E-state index in [4.69, 9.17) is 14.2 Å². The van der Waals surface area contributed by atoms with Gasteiger partial charge in [-0.15, -0.1) is 0 Å².